The number of fused-ring (bicyclic) bond motifs is 1. The summed E-state index contributed by atoms with van der Waals surface area (Å²) >= 11 is 0. The molecule has 2 aromatic carbocycles. The minimum absolute atomic E-state index is 0.126. The Kier molecular flexibility index (Phi) is 4.67. The molecule has 1 N–H and O–H groups in total. The second-order valence-corrected chi connectivity index (χ2v) is 6.68. The van der Waals surface area contributed by atoms with Gasteiger partial charge in [0.1, 0.15) is 0 Å². The van der Waals surface area contributed by atoms with Crippen molar-refractivity contribution >= 4 is 23.5 Å². The Balaban J connectivity index is 1.60. The molecule has 0 saturated carbocycles. The van der Waals surface area contributed by atoms with Crippen molar-refractivity contribution in [3.63, 3.8) is 0 Å². The minimum atomic E-state index is -1.90. The third-order valence-electron chi connectivity index (χ3n) is 4.85. The summed E-state index contributed by atoms with van der Waals surface area (Å²) in [5.74, 6) is -0.801. The van der Waals surface area contributed by atoms with Crippen molar-refractivity contribution in [2.24, 2.45) is 0 Å². The van der Waals surface area contributed by atoms with Crippen LogP contribution in [0, 0.1) is 0 Å². The first-order chi connectivity index (χ1) is 13.6. The zero-order valence-electron chi connectivity index (χ0n) is 15.1. The lowest BCUT2D eigenvalue weighted by Crippen LogP contribution is -2.41. The van der Waals surface area contributed by atoms with Gasteiger partial charge >= 0.3 is 0 Å². The molecule has 1 aliphatic heterocycles. The van der Waals surface area contributed by atoms with Crippen molar-refractivity contribution in [1.29, 1.82) is 0 Å². The molecule has 3 aromatic rings. The molecule has 0 spiro atoms. The molecule has 0 unspecified atom stereocenters. The van der Waals surface area contributed by atoms with Crippen LogP contribution in [0.1, 0.15) is 28.1 Å². The SMILES string of the molecule is O=C(C[C@]1(O)C(=O)N(C/C=C/c2ccccc2)c2ccccc21)c1ccco1. The summed E-state index contributed by atoms with van der Waals surface area (Å²) in [5.41, 5.74) is 0.166. The fraction of sp³-hybridized carbons (Fsp3) is 0.130. The first-order valence-electron chi connectivity index (χ1n) is 9.02. The maximum Gasteiger partial charge on any atom is 0.264 e. The van der Waals surface area contributed by atoms with E-state index in [1.165, 1.54) is 17.2 Å². The topological polar surface area (TPSA) is 70.8 Å². The zero-order valence-corrected chi connectivity index (χ0v) is 15.1. The van der Waals surface area contributed by atoms with E-state index in [-0.39, 0.29) is 12.2 Å². The number of benzene rings is 2. The summed E-state index contributed by atoms with van der Waals surface area (Å²) in [5, 5.41) is 11.2. The first kappa shape index (κ1) is 17.9. The Morgan fingerprint density at radius 2 is 1.79 bits per heavy atom. The van der Waals surface area contributed by atoms with Crippen LogP contribution in [0.3, 0.4) is 0 Å². The number of aliphatic hydroxyl groups is 1. The van der Waals surface area contributed by atoms with Gasteiger partial charge in [0, 0.05) is 12.1 Å². The molecule has 0 bridgehead atoms. The lowest BCUT2D eigenvalue weighted by molar-refractivity contribution is -0.135. The number of carbonyl (C=O) groups is 2. The smallest absolute Gasteiger partial charge is 0.264 e. The molecule has 5 heteroatoms. The predicted octanol–water partition coefficient (Wildman–Crippen LogP) is 3.80. The van der Waals surface area contributed by atoms with E-state index in [1.54, 1.807) is 30.3 Å². The van der Waals surface area contributed by atoms with E-state index in [9.17, 15) is 14.7 Å². The van der Waals surface area contributed by atoms with Crippen molar-refractivity contribution < 1.29 is 19.1 Å². The van der Waals surface area contributed by atoms with Crippen LogP contribution in [-0.2, 0) is 10.4 Å². The van der Waals surface area contributed by atoms with Gasteiger partial charge < -0.3 is 14.4 Å². The summed E-state index contributed by atoms with van der Waals surface area (Å²) in [6, 6.07) is 19.9. The van der Waals surface area contributed by atoms with Gasteiger partial charge in [-0.15, -0.1) is 0 Å². The van der Waals surface area contributed by atoms with Crippen molar-refractivity contribution in [2.45, 2.75) is 12.0 Å². The highest BCUT2D eigenvalue weighted by molar-refractivity contribution is 6.10. The maximum atomic E-state index is 13.1. The van der Waals surface area contributed by atoms with Crippen LogP contribution >= 0.6 is 0 Å². The number of para-hydroxylation sites is 1. The summed E-state index contributed by atoms with van der Waals surface area (Å²) in [6.45, 7) is 0.294. The first-order valence-corrected chi connectivity index (χ1v) is 9.02. The molecule has 4 rings (SSSR count). The minimum Gasteiger partial charge on any atom is -0.461 e. The van der Waals surface area contributed by atoms with Gasteiger partial charge in [0.25, 0.3) is 5.91 Å². The monoisotopic (exact) mass is 373 g/mol. The third kappa shape index (κ3) is 3.17. The van der Waals surface area contributed by atoms with Gasteiger partial charge in [-0.1, -0.05) is 60.7 Å². The fourth-order valence-electron chi connectivity index (χ4n) is 3.47. The number of rotatable bonds is 6. The number of hydrogen-bond acceptors (Lipinski definition) is 4. The lowest BCUT2D eigenvalue weighted by Gasteiger charge is -2.21. The molecule has 140 valence electrons. The number of carbonyl (C=O) groups excluding carboxylic acids is 2. The molecule has 5 nitrogen and oxygen atoms in total. The molecular formula is C23H19NO4. The molecule has 0 saturated heterocycles. The maximum absolute atomic E-state index is 13.1. The van der Waals surface area contributed by atoms with Gasteiger partial charge in [-0.3, -0.25) is 9.59 Å². The van der Waals surface area contributed by atoms with Crippen molar-refractivity contribution in [3.8, 4) is 0 Å². The zero-order chi connectivity index (χ0) is 19.6. The Morgan fingerprint density at radius 3 is 2.54 bits per heavy atom. The van der Waals surface area contributed by atoms with E-state index >= 15 is 0 Å². The van der Waals surface area contributed by atoms with Gasteiger partial charge in [-0.25, -0.2) is 0 Å². The number of hydrogen-bond donors (Lipinski definition) is 1. The molecule has 28 heavy (non-hydrogen) atoms. The molecular weight excluding hydrogens is 354 g/mol. The Morgan fingerprint density at radius 1 is 1.04 bits per heavy atom. The molecule has 1 aromatic heterocycles. The van der Waals surface area contributed by atoms with E-state index in [0.717, 1.165) is 5.56 Å². The number of Topliss-reactive ketones (excluding diaryl/α,β-unsaturated/α-hetero) is 1. The van der Waals surface area contributed by atoms with Crippen molar-refractivity contribution in [1.82, 2.24) is 0 Å². The Labute approximate surface area is 162 Å². The van der Waals surface area contributed by atoms with Crippen LogP contribution in [0.5, 0.6) is 0 Å². The molecule has 1 atom stereocenters. The largest absolute Gasteiger partial charge is 0.461 e. The number of ketones is 1. The van der Waals surface area contributed by atoms with Crippen molar-refractivity contribution in [2.75, 3.05) is 11.4 Å². The van der Waals surface area contributed by atoms with Gasteiger partial charge in [-0.2, -0.15) is 0 Å². The average Bonchev–Trinajstić information content (AvgIpc) is 3.32. The van der Waals surface area contributed by atoms with E-state index in [2.05, 4.69) is 0 Å². The third-order valence-corrected chi connectivity index (χ3v) is 4.85. The van der Waals surface area contributed by atoms with E-state index < -0.39 is 17.3 Å². The van der Waals surface area contributed by atoms with Crippen molar-refractivity contribution in [3.05, 3.63) is 96.0 Å². The van der Waals surface area contributed by atoms with E-state index in [0.29, 0.717) is 17.8 Å². The highest BCUT2D eigenvalue weighted by Gasteiger charge is 2.50. The Bertz CT molecular complexity index is 1020. The highest BCUT2D eigenvalue weighted by atomic mass is 16.3. The second kappa shape index (κ2) is 7.29. The van der Waals surface area contributed by atoms with Gasteiger partial charge in [0.2, 0.25) is 5.78 Å². The van der Waals surface area contributed by atoms with Crippen LogP contribution in [0.4, 0.5) is 5.69 Å². The van der Waals surface area contributed by atoms with E-state index in [1.807, 2.05) is 42.5 Å². The summed E-state index contributed by atoms with van der Waals surface area (Å²) < 4.78 is 5.12. The molecule has 1 amide bonds. The number of anilines is 1. The van der Waals surface area contributed by atoms with Gasteiger partial charge in [-0.05, 0) is 23.8 Å². The normalized spacial score (nSPS) is 18.6. The molecule has 2 heterocycles. The van der Waals surface area contributed by atoms with Gasteiger partial charge in [0.15, 0.2) is 11.4 Å². The van der Waals surface area contributed by atoms with Crippen LogP contribution in [-0.4, -0.2) is 23.3 Å². The molecule has 0 fully saturated rings. The Hall–Kier alpha value is -3.44. The second-order valence-electron chi connectivity index (χ2n) is 6.68. The quantitative estimate of drug-likeness (QED) is 0.667. The summed E-state index contributed by atoms with van der Waals surface area (Å²) in [4.78, 5) is 27.1. The number of nitrogens with zero attached hydrogens (tertiary/aromatic N) is 1. The fourth-order valence-corrected chi connectivity index (χ4v) is 3.47. The van der Waals surface area contributed by atoms with Crippen LogP contribution < -0.4 is 4.90 Å². The molecule has 0 aliphatic carbocycles. The summed E-state index contributed by atoms with van der Waals surface area (Å²) in [7, 11) is 0. The predicted molar refractivity (Wildman–Crippen MR) is 106 cm³/mol. The van der Waals surface area contributed by atoms with Crippen LogP contribution in [0.25, 0.3) is 6.08 Å². The molecule has 1 aliphatic rings. The number of furan rings is 1. The van der Waals surface area contributed by atoms with Gasteiger partial charge in [0.05, 0.1) is 18.4 Å². The number of amides is 1. The standard InChI is InChI=1S/C23H19NO4/c25-20(21-13-7-15-28-21)16-23(27)18-11-4-5-12-19(18)24(22(23)26)14-6-10-17-8-2-1-3-9-17/h1-13,15,27H,14,16H2/b10-6+/t23-/m1/s1. The summed E-state index contributed by atoms with van der Waals surface area (Å²) in [6.07, 6.45) is 4.81. The lowest BCUT2D eigenvalue weighted by atomic mass is 9.89. The average molecular weight is 373 g/mol. The van der Waals surface area contributed by atoms with E-state index in [4.69, 9.17) is 4.42 Å². The van der Waals surface area contributed by atoms with Crippen LogP contribution in [0.15, 0.2) is 83.5 Å². The molecule has 0 radical (unpaired) electrons. The van der Waals surface area contributed by atoms with Crippen LogP contribution in [0.2, 0.25) is 0 Å². The highest BCUT2D eigenvalue weighted by Crippen LogP contribution is 2.42.